The topological polar surface area (TPSA) is 215 Å². The van der Waals surface area contributed by atoms with Crippen molar-refractivity contribution >= 4 is 47.3 Å². The lowest BCUT2D eigenvalue weighted by molar-refractivity contribution is -0.140. The summed E-state index contributed by atoms with van der Waals surface area (Å²) in [6, 6.07) is 0.108. The minimum atomic E-state index is -1.12. The highest BCUT2D eigenvalue weighted by Gasteiger charge is 2.50. The average Bonchev–Trinajstić information content (AvgIpc) is 1.14. The van der Waals surface area contributed by atoms with Crippen molar-refractivity contribution in [1.29, 1.82) is 0 Å². The van der Waals surface area contributed by atoms with Crippen LogP contribution in [0.2, 0.25) is 0 Å². The summed E-state index contributed by atoms with van der Waals surface area (Å²) in [4.78, 5) is 110. The number of halogens is 3. The summed E-state index contributed by atoms with van der Waals surface area (Å²) in [5, 5.41) is 21.4. The first kappa shape index (κ1) is 128. The molecule has 5 unspecified atom stereocenters. The number of likely N-dealkylation sites (tertiary alicyclic amines) is 8. The molecular weight excluding hydrogens is 1720 g/mol. The number of nitrogens with zero attached hydrogens (tertiary/aromatic N) is 8. The first-order valence-corrected chi connectivity index (χ1v) is 54.9. The first-order chi connectivity index (χ1) is 62.6. The highest BCUT2D eigenvalue weighted by Crippen LogP contribution is 2.48. The number of nitrogens with one attached hydrogen (secondary N) is 1. The van der Waals surface area contributed by atoms with Crippen LogP contribution in [-0.4, -0.2) is 244 Å². The van der Waals surface area contributed by atoms with E-state index in [1.54, 1.807) is 23.6 Å². The normalized spacial score (nSPS) is 22.5. The Morgan fingerprint density at radius 1 is 0.292 bits per heavy atom. The Balaban J connectivity index is 0.000000530. The third-order valence-corrected chi connectivity index (χ3v) is 35.6. The zero-order valence-electron chi connectivity index (χ0n) is 96.3. The Morgan fingerprint density at radius 2 is 0.504 bits per heavy atom. The highest BCUT2D eigenvalue weighted by molar-refractivity contribution is 5.83. The van der Waals surface area contributed by atoms with E-state index in [1.165, 1.54) is 25.7 Å². The molecule has 9 heterocycles. The molecule has 9 saturated heterocycles. The number of hydrogen-bond acceptors (Lipinski definition) is 11. The van der Waals surface area contributed by atoms with Crippen molar-refractivity contribution in [1.82, 2.24) is 44.5 Å². The number of aliphatic hydroxyl groups excluding tert-OH is 2. The third-order valence-electron chi connectivity index (χ3n) is 35.6. The fraction of sp³-hybridized carbons (Fsp3) is 0.930. The van der Waals surface area contributed by atoms with Gasteiger partial charge >= 0.3 is 0 Å². The summed E-state index contributed by atoms with van der Waals surface area (Å²) in [7, 11) is 0. The molecule has 0 aromatic heterocycles. The van der Waals surface area contributed by atoms with Crippen LogP contribution in [0.5, 0.6) is 0 Å². The van der Waals surface area contributed by atoms with Crippen LogP contribution in [0.25, 0.3) is 0 Å². The van der Waals surface area contributed by atoms with E-state index in [-0.39, 0.29) is 101 Å². The van der Waals surface area contributed by atoms with Crippen molar-refractivity contribution in [3.63, 3.8) is 0 Å². The third kappa shape index (κ3) is 40.8. The maximum absolute atomic E-state index is 15.0. The molecule has 19 nitrogen and oxygen atoms in total. The van der Waals surface area contributed by atoms with Gasteiger partial charge in [-0.1, -0.05) is 277 Å². The summed E-state index contributed by atoms with van der Waals surface area (Å²) in [6.45, 7) is 99.6. The van der Waals surface area contributed by atoms with Crippen molar-refractivity contribution in [2.45, 2.75) is 428 Å². The second kappa shape index (κ2) is 55.7. The number of alkyl halides is 3. The molecule has 0 aromatic carbocycles. The second-order valence-corrected chi connectivity index (χ2v) is 52.9. The molecule has 9 aliphatic heterocycles. The van der Waals surface area contributed by atoms with Gasteiger partial charge < -0.3 is 54.7 Å². The number of carbonyl (C=O) groups is 8. The molecule has 0 radical (unpaired) electrons. The molecule has 804 valence electrons. The van der Waals surface area contributed by atoms with Crippen LogP contribution in [0.1, 0.15) is 405 Å². The fourth-order valence-electron chi connectivity index (χ4n) is 21.2. The highest BCUT2D eigenvalue weighted by atomic mass is 19.2. The Morgan fingerprint density at radius 3 is 0.715 bits per heavy atom. The Kier molecular flexibility index (Phi) is 52.2. The summed E-state index contributed by atoms with van der Waals surface area (Å²) < 4.78 is 44.7. The van der Waals surface area contributed by atoms with Gasteiger partial charge in [-0.15, -0.1) is 0 Å². The van der Waals surface area contributed by atoms with Crippen LogP contribution in [0.4, 0.5) is 13.2 Å². The van der Waals surface area contributed by atoms with Crippen LogP contribution < -0.4 is 5.32 Å². The van der Waals surface area contributed by atoms with Gasteiger partial charge in [0.15, 0.2) is 0 Å². The van der Waals surface area contributed by atoms with Gasteiger partial charge in [0.2, 0.25) is 47.3 Å². The van der Waals surface area contributed by atoms with E-state index in [9.17, 15) is 51.5 Å². The summed E-state index contributed by atoms with van der Waals surface area (Å²) in [5.74, 6) is 8.49. The van der Waals surface area contributed by atoms with Gasteiger partial charge in [0, 0.05) is 136 Å². The van der Waals surface area contributed by atoms with Crippen molar-refractivity contribution in [3.8, 4) is 0 Å². The quantitative estimate of drug-likeness (QED) is 0.117. The van der Waals surface area contributed by atoms with Crippen LogP contribution in [0.15, 0.2) is 0 Å². The van der Waals surface area contributed by atoms with Crippen LogP contribution in [0.3, 0.4) is 0 Å². The van der Waals surface area contributed by atoms with E-state index in [2.05, 4.69) is 211 Å². The molecule has 22 heteroatoms. The Hall–Kier alpha value is -4.57. The monoisotopic (exact) mass is 1940 g/mol. The van der Waals surface area contributed by atoms with Crippen molar-refractivity contribution in [3.05, 3.63) is 0 Å². The van der Waals surface area contributed by atoms with Gasteiger partial charge in [-0.25, -0.2) is 13.2 Å². The number of piperidine rings is 7. The van der Waals surface area contributed by atoms with Gasteiger partial charge in [-0.2, -0.15) is 0 Å². The number of hydrogen-bond donors (Lipinski definition) is 3. The van der Waals surface area contributed by atoms with Crippen molar-refractivity contribution in [2.75, 3.05) is 124 Å². The molecule has 11 atom stereocenters. The molecule has 9 aliphatic rings. The fourth-order valence-corrected chi connectivity index (χ4v) is 21.2. The largest absolute Gasteiger partial charge is 0.396 e. The molecular formula is C115H218F3N9O10. The Bertz CT molecular complexity index is 3410. The van der Waals surface area contributed by atoms with E-state index < -0.39 is 17.0 Å². The van der Waals surface area contributed by atoms with Crippen molar-refractivity contribution < 1.29 is 61.7 Å². The molecule has 8 amide bonds. The minimum Gasteiger partial charge on any atom is -0.396 e. The average molecular weight is 1940 g/mol. The number of carbonyl (C=O) groups excluding carboxylic acids is 8. The molecule has 137 heavy (non-hydrogen) atoms. The second-order valence-electron chi connectivity index (χ2n) is 52.9. The maximum Gasteiger partial charge on any atom is 0.239 e. The van der Waals surface area contributed by atoms with Gasteiger partial charge in [0.05, 0.1) is 31.1 Å². The maximum atomic E-state index is 15.0. The smallest absolute Gasteiger partial charge is 0.239 e. The molecule has 3 N–H and O–H groups in total. The lowest BCUT2D eigenvalue weighted by Crippen LogP contribution is -2.53. The standard InChI is InChI=1S/C16H30N2O.C15H28FNO.2C15H29NO2.2C14H26FNO.C14H27NO.C12H23NO/c1-12(16(2,3)4)13-7-10-18(11-8-13)15(19)14-6-5-9-17-14;1-11(2)13(18)17-9-7-15(16,8-10-17)12(3)14(4,5)6;2*1-11(10-17)14(18)16-8-6-13(7-9-16)12(2)15(3,4)5;2*1-6-12(17)16-9-7-14(15,8-10-16)11(2)13(3,4)5;1-6-13(16)15-9-7-12(8-10-15)11(2)14(3,4)5;1-6-11(14)13-7-10(8-13)9(2)12(3,4)5/h12-14,17H,5-11H2,1-4H3;11-12H,7-10H2,1-6H3;2*11-13,17H,6-10H2,1-5H3;2*11H,6-10H2,1-5H3;11-12H,6-10H2,1-5H3;9-10H,6-8H2,1-5H3/t12-,14?;;11-,12+;11-,12-;;;11-;/m1.01..1./s1. The van der Waals surface area contributed by atoms with Gasteiger partial charge in [0.1, 0.15) is 17.0 Å². The van der Waals surface area contributed by atoms with Crippen molar-refractivity contribution in [2.24, 2.45) is 138 Å². The first-order valence-electron chi connectivity index (χ1n) is 54.9. The predicted molar refractivity (Wildman–Crippen MR) is 565 cm³/mol. The number of amides is 8. The molecule has 9 rings (SSSR count). The SMILES string of the molecule is CC(C)C(=O)N1CCC(F)(C(C)C(C)(C)C)CC1.CCC(=O)N1CC(C(C)C(C)(C)C)C1.CCC(=O)N1CCC(F)(C(C)C(C)(C)C)CC1.CCC(=O)N1CCC(F)(C(C)C(C)(C)C)CC1.CCC(=O)N1CCC([C@@H](C)C(C)(C)C)CC1.C[C@H](C1CCN(C(=O)C2CCCN2)CC1)C(C)(C)C.C[C@H](C1CCN(C(=O)[C@@H](C)CO)CC1)C(C)(C)C.C[C@H](CO)C(=O)N1CCC([C@@H](C)C(C)(C)C)CC1. The van der Waals surface area contributed by atoms with E-state index >= 15 is 0 Å². The zero-order valence-corrected chi connectivity index (χ0v) is 96.3. The van der Waals surface area contributed by atoms with E-state index in [0.717, 1.165) is 146 Å². The van der Waals surface area contributed by atoms with Crippen LogP contribution >= 0.6 is 0 Å². The summed E-state index contributed by atoms with van der Waals surface area (Å²) >= 11 is 0. The molecule has 0 bridgehead atoms. The van der Waals surface area contributed by atoms with E-state index in [1.807, 2.05) is 86.8 Å². The lowest BCUT2D eigenvalue weighted by Gasteiger charge is -2.46. The zero-order chi connectivity index (χ0) is 106. The molecule has 0 spiro atoms. The predicted octanol–water partition coefficient (Wildman–Crippen LogP) is 24.1. The van der Waals surface area contributed by atoms with Gasteiger partial charge in [-0.05, 0) is 230 Å². The van der Waals surface area contributed by atoms with Gasteiger partial charge in [-0.3, -0.25) is 38.4 Å². The summed E-state index contributed by atoms with van der Waals surface area (Å²) in [6.07, 6.45) is 16.5. The Labute approximate surface area is 839 Å². The number of rotatable bonds is 18. The lowest BCUT2D eigenvalue weighted by atomic mass is 9.69. The van der Waals surface area contributed by atoms with Crippen LogP contribution in [-0.2, 0) is 38.4 Å². The van der Waals surface area contributed by atoms with Crippen LogP contribution in [0, 0.1) is 138 Å². The van der Waals surface area contributed by atoms with E-state index in [4.69, 9.17) is 10.2 Å². The van der Waals surface area contributed by atoms with Gasteiger partial charge in [0.25, 0.3) is 0 Å². The molecule has 0 aliphatic carbocycles. The minimum absolute atomic E-state index is 0.0113. The number of aliphatic hydroxyl groups is 2. The molecule has 9 fully saturated rings. The van der Waals surface area contributed by atoms with E-state index in [0.29, 0.717) is 172 Å². The summed E-state index contributed by atoms with van der Waals surface area (Å²) in [5.41, 5.74) is -1.59. The molecule has 0 saturated carbocycles. The molecule has 0 aromatic rings.